The number of aromatic nitrogens is 2. The Bertz CT molecular complexity index is 1660. The first-order chi connectivity index (χ1) is 18.4. The summed E-state index contributed by atoms with van der Waals surface area (Å²) in [6.45, 7) is 11.2. The number of nitrogens with one attached hydrogen (secondary N) is 1. The van der Waals surface area contributed by atoms with Crippen molar-refractivity contribution in [1.29, 1.82) is 0 Å². The van der Waals surface area contributed by atoms with Crippen molar-refractivity contribution in [2.45, 2.75) is 60.0 Å². The van der Waals surface area contributed by atoms with Gasteiger partial charge < -0.3 is 24.8 Å². The van der Waals surface area contributed by atoms with E-state index in [1.54, 1.807) is 13.8 Å². The van der Waals surface area contributed by atoms with Gasteiger partial charge in [0, 0.05) is 23.9 Å². The predicted molar refractivity (Wildman–Crippen MR) is 145 cm³/mol. The number of fused-ring (bicyclic) bond motifs is 4. The molecule has 9 heteroatoms. The molecule has 9 nitrogen and oxygen atoms in total. The lowest BCUT2D eigenvalue weighted by Gasteiger charge is -2.29. The van der Waals surface area contributed by atoms with Crippen LogP contribution in [0.15, 0.2) is 47.4 Å². The molecule has 1 aliphatic carbocycles. The summed E-state index contributed by atoms with van der Waals surface area (Å²) in [4.78, 5) is 44.4. The van der Waals surface area contributed by atoms with Gasteiger partial charge in [0.25, 0.3) is 0 Å². The van der Waals surface area contributed by atoms with E-state index in [1.807, 2.05) is 24.3 Å². The van der Waals surface area contributed by atoms with Crippen LogP contribution in [0.3, 0.4) is 0 Å². The molecule has 39 heavy (non-hydrogen) atoms. The molecule has 1 aromatic heterocycles. The Labute approximate surface area is 225 Å². The largest absolute Gasteiger partial charge is 0.507 e. The van der Waals surface area contributed by atoms with E-state index in [9.17, 15) is 24.6 Å². The van der Waals surface area contributed by atoms with E-state index in [1.165, 1.54) is 19.9 Å². The summed E-state index contributed by atoms with van der Waals surface area (Å²) in [6.07, 6.45) is 1.21. The molecule has 0 unspecified atom stereocenters. The van der Waals surface area contributed by atoms with Crippen LogP contribution in [0.5, 0.6) is 17.2 Å². The Morgan fingerprint density at radius 3 is 2.51 bits per heavy atom. The number of para-hydroxylation sites is 2. The van der Waals surface area contributed by atoms with Crippen LogP contribution < -0.4 is 10.1 Å². The third-order valence-electron chi connectivity index (χ3n) is 7.55. The SMILES string of the molecule is CC(=O)c1c(O)c(C)c(O)c2c1OC1=CC(=O)C(=C(C)NCc3nc4ccccc4n3CC(C)C)C(=O)[C@@]12C. The van der Waals surface area contributed by atoms with Crippen molar-refractivity contribution in [1.82, 2.24) is 14.9 Å². The van der Waals surface area contributed by atoms with Gasteiger partial charge in [-0.2, -0.15) is 0 Å². The molecule has 0 bridgehead atoms. The summed E-state index contributed by atoms with van der Waals surface area (Å²) in [7, 11) is 0. The second-order valence-electron chi connectivity index (χ2n) is 10.8. The van der Waals surface area contributed by atoms with E-state index in [4.69, 9.17) is 9.72 Å². The Morgan fingerprint density at radius 1 is 1.15 bits per heavy atom. The van der Waals surface area contributed by atoms with E-state index in [0.29, 0.717) is 11.6 Å². The summed E-state index contributed by atoms with van der Waals surface area (Å²) in [5.41, 5.74) is 0.586. The number of benzene rings is 2. The topological polar surface area (TPSA) is 131 Å². The van der Waals surface area contributed by atoms with Crippen molar-refractivity contribution in [2.75, 3.05) is 0 Å². The monoisotopic (exact) mass is 529 g/mol. The number of rotatable bonds is 6. The van der Waals surface area contributed by atoms with Gasteiger partial charge >= 0.3 is 0 Å². The lowest BCUT2D eigenvalue weighted by Crippen LogP contribution is -2.41. The maximum atomic E-state index is 14.0. The minimum Gasteiger partial charge on any atom is -0.507 e. The number of nitrogens with zero attached hydrogens (tertiary/aromatic N) is 2. The third kappa shape index (κ3) is 3.83. The van der Waals surface area contributed by atoms with E-state index < -0.39 is 28.5 Å². The van der Waals surface area contributed by atoms with Crippen molar-refractivity contribution in [2.24, 2.45) is 5.92 Å². The van der Waals surface area contributed by atoms with Gasteiger partial charge in [-0.3, -0.25) is 14.4 Å². The highest BCUT2D eigenvalue weighted by Crippen LogP contribution is 2.57. The van der Waals surface area contributed by atoms with Gasteiger partial charge in [-0.15, -0.1) is 0 Å². The number of Topliss-reactive ketones (excluding diaryl/α,β-unsaturated/α-hetero) is 2. The van der Waals surface area contributed by atoms with Crippen molar-refractivity contribution < 1.29 is 29.3 Å². The van der Waals surface area contributed by atoms with Gasteiger partial charge in [0.15, 0.2) is 17.3 Å². The normalized spacial score (nSPS) is 19.6. The Kier molecular flexibility index (Phi) is 6.13. The van der Waals surface area contributed by atoms with Gasteiger partial charge in [-0.1, -0.05) is 26.0 Å². The second kappa shape index (κ2) is 9.11. The molecule has 2 heterocycles. The minimum atomic E-state index is -1.56. The van der Waals surface area contributed by atoms with Gasteiger partial charge in [0.1, 0.15) is 39.8 Å². The van der Waals surface area contributed by atoms with Crippen molar-refractivity contribution in [3.63, 3.8) is 0 Å². The van der Waals surface area contributed by atoms with Crippen LogP contribution in [0.25, 0.3) is 11.0 Å². The molecule has 2 aromatic carbocycles. The van der Waals surface area contributed by atoms with Crippen LogP contribution in [0, 0.1) is 12.8 Å². The van der Waals surface area contributed by atoms with Crippen LogP contribution in [-0.2, 0) is 28.1 Å². The summed E-state index contributed by atoms with van der Waals surface area (Å²) in [5, 5.41) is 24.7. The molecular formula is C30H31N3O6. The smallest absolute Gasteiger partial charge is 0.194 e. The molecule has 1 aliphatic heterocycles. The summed E-state index contributed by atoms with van der Waals surface area (Å²) < 4.78 is 7.96. The first-order valence-corrected chi connectivity index (χ1v) is 12.9. The third-order valence-corrected chi connectivity index (χ3v) is 7.55. The molecule has 0 amide bonds. The highest BCUT2D eigenvalue weighted by atomic mass is 16.5. The van der Waals surface area contributed by atoms with Gasteiger partial charge in [-0.25, -0.2) is 4.98 Å². The molecule has 0 fully saturated rings. The molecule has 3 N–H and O–H groups in total. The van der Waals surface area contributed by atoms with Crippen LogP contribution in [0.4, 0.5) is 0 Å². The number of aromatic hydroxyl groups is 2. The number of phenolic OH excluding ortho intramolecular Hbond substituents is 2. The van der Waals surface area contributed by atoms with Gasteiger partial charge in [0.2, 0.25) is 0 Å². The van der Waals surface area contributed by atoms with Crippen molar-refractivity contribution in [3.05, 3.63) is 69.9 Å². The van der Waals surface area contributed by atoms with E-state index in [0.717, 1.165) is 23.4 Å². The second-order valence-corrected chi connectivity index (χ2v) is 10.8. The molecule has 5 rings (SSSR count). The number of carbonyl (C=O) groups is 3. The molecule has 0 spiro atoms. The van der Waals surface area contributed by atoms with Crippen molar-refractivity contribution >= 4 is 28.4 Å². The number of carbonyl (C=O) groups excluding carboxylic acids is 3. The zero-order valence-electron chi connectivity index (χ0n) is 22.8. The maximum absolute atomic E-state index is 14.0. The highest BCUT2D eigenvalue weighted by molar-refractivity contribution is 6.31. The fourth-order valence-electron chi connectivity index (χ4n) is 5.49. The molecule has 0 saturated carbocycles. The summed E-state index contributed by atoms with van der Waals surface area (Å²) in [6, 6.07) is 7.85. The summed E-state index contributed by atoms with van der Waals surface area (Å²) in [5.74, 6) is -1.34. The lowest BCUT2D eigenvalue weighted by molar-refractivity contribution is -0.123. The first-order valence-electron chi connectivity index (χ1n) is 12.9. The number of hydrogen-bond donors (Lipinski definition) is 3. The zero-order valence-corrected chi connectivity index (χ0v) is 22.8. The molecule has 1 atom stereocenters. The fraction of sp³-hybridized carbons (Fsp3) is 0.333. The Balaban J connectivity index is 1.56. The Morgan fingerprint density at radius 2 is 1.85 bits per heavy atom. The standard InChI is InChI=1S/C30H31N3O6/c1-14(2)13-33-19-10-8-7-9-18(19)32-22(33)12-31-16(4)23-20(35)11-21-30(6,29(23)38)25-27(37)15(3)26(36)24(17(5)34)28(25)39-21/h7-11,14,31,36-37H,12-13H2,1-6H3/t30-/m0/s1. The quantitative estimate of drug-likeness (QED) is 0.244. The average molecular weight is 530 g/mol. The fourth-order valence-corrected chi connectivity index (χ4v) is 5.49. The van der Waals surface area contributed by atoms with Crippen LogP contribution in [0.1, 0.15) is 61.9 Å². The number of hydrogen-bond acceptors (Lipinski definition) is 8. The van der Waals surface area contributed by atoms with Crippen molar-refractivity contribution in [3.8, 4) is 17.2 Å². The average Bonchev–Trinajstić information content (AvgIpc) is 3.36. The van der Waals surface area contributed by atoms with E-state index in [-0.39, 0.29) is 46.1 Å². The van der Waals surface area contributed by atoms with E-state index >= 15 is 0 Å². The molecule has 0 radical (unpaired) electrons. The predicted octanol–water partition coefficient (Wildman–Crippen LogP) is 4.36. The maximum Gasteiger partial charge on any atom is 0.194 e. The van der Waals surface area contributed by atoms with Crippen LogP contribution in [-0.4, -0.2) is 37.1 Å². The summed E-state index contributed by atoms with van der Waals surface area (Å²) >= 11 is 0. The van der Waals surface area contributed by atoms with Crippen LogP contribution >= 0.6 is 0 Å². The molecule has 202 valence electrons. The van der Waals surface area contributed by atoms with E-state index in [2.05, 4.69) is 23.7 Å². The molecule has 2 aliphatic rings. The Hall–Kier alpha value is -4.40. The first kappa shape index (κ1) is 26.2. The number of ketones is 3. The van der Waals surface area contributed by atoms with Crippen LogP contribution in [0.2, 0.25) is 0 Å². The zero-order chi connectivity index (χ0) is 28.4. The van der Waals surface area contributed by atoms with Gasteiger partial charge in [-0.05, 0) is 45.7 Å². The molecule has 0 saturated heterocycles. The molecular weight excluding hydrogens is 498 g/mol. The number of phenols is 2. The number of ether oxygens (including phenoxy) is 1. The van der Waals surface area contributed by atoms with Gasteiger partial charge in [0.05, 0.1) is 28.7 Å². The lowest BCUT2D eigenvalue weighted by atomic mass is 9.70. The number of imidazole rings is 1. The number of allylic oxidation sites excluding steroid dienone is 4. The minimum absolute atomic E-state index is 0.00516. The molecule has 3 aromatic rings. The highest BCUT2D eigenvalue weighted by Gasteiger charge is 2.56.